The Balaban J connectivity index is 1.98. The smallest absolute Gasteiger partial charge is 0.238 e. The van der Waals surface area contributed by atoms with Crippen molar-refractivity contribution < 1.29 is 4.79 Å². The number of amides is 1. The van der Waals surface area contributed by atoms with Gasteiger partial charge in [-0.3, -0.25) is 10.1 Å². The first-order chi connectivity index (χ1) is 7.76. The molecule has 0 aromatic carbocycles. The minimum absolute atomic E-state index is 0.307. The van der Waals surface area contributed by atoms with Crippen LogP contribution in [0.5, 0.6) is 0 Å². The molecule has 2 atom stereocenters. The lowest BCUT2D eigenvalue weighted by atomic mass is 10.0. The van der Waals surface area contributed by atoms with Crippen LogP contribution < -0.4 is 5.32 Å². The summed E-state index contributed by atoms with van der Waals surface area (Å²) >= 11 is 0. The monoisotopic (exact) mass is 224 g/mol. The molecule has 1 saturated heterocycles. The van der Waals surface area contributed by atoms with Crippen LogP contribution in [0.1, 0.15) is 52.4 Å². The summed E-state index contributed by atoms with van der Waals surface area (Å²) in [4.78, 5) is 14.1. The van der Waals surface area contributed by atoms with Gasteiger partial charge < -0.3 is 4.90 Å². The minimum atomic E-state index is 0.307. The molecule has 1 amide bonds. The molecular formula is C13H24N2O. The normalized spacial score (nSPS) is 27.5. The first kappa shape index (κ1) is 11.9. The number of hydrogen-bond acceptors (Lipinski definition) is 2. The predicted molar refractivity (Wildman–Crippen MR) is 65.0 cm³/mol. The third-order valence-corrected chi connectivity index (χ3v) is 3.84. The van der Waals surface area contributed by atoms with Crippen molar-refractivity contribution in [3.63, 3.8) is 0 Å². The number of carbonyl (C=O) groups excluding carboxylic acids is 1. The summed E-state index contributed by atoms with van der Waals surface area (Å²) in [6.45, 7) is 4.94. The quantitative estimate of drug-likeness (QED) is 0.749. The maximum Gasteiger partial charge on any atom is 0.238 e. The van der Waals surface area contributed by atoms with E-state index in [1.165, 1.54) is 19.3 Å². The molecule has 0 aromatic rings. The fourth-order valence-electron chi connectivity index (χ4n) is 2.76. The zero-order chi connectivity index (χ0) is 11.5. The zero-order valence-electron chi connectivity index (χ0n) is 10.5. The number of rotatable bonds is 6. The zero-order valence-corrected chi connectivity index (χ0v) is 10.5. The van der Waals surface area contributed by atoms with Crippen LogP contribution >= 0.6 is 0 Å². The van der Waals surface area contributed by atoms with E-state index in [1.807, 2.05) is 0 Å². The fraction of sp³-hybridized carbons (Fsp3) is 0.923. The molecule has 0 spiro atoms. The number of carbonyl (C=O) groups is 1. The van der Waals surface area contributed by atoms with Crippen LogP contribution in [0, 0.1) is 5.92 Å². The van der Waals surface area contributed by atoms with Crippen molar-refractivity contribution in [2.75, 3.05) is 6.54 Å². The SMILES string of the molecule is CCCC1NCC(=O)N1C(CC)CC1CC1. The third-order valence-electron chi connectivity index (χ3n) is 3.84. The molecule has 16 heavy (non-hydrogen) atoms. The molecule has 0 aromatic heterocycles. The van der Waals surface area contributed by atoms with Gasteiger partial charge in [-0.2, -0.15) is 0 Å². The number of nitrogens with one attached hydrogen (secondary N) is 1. The molecule has 0 radical (unpaired) electrons. The van der Waals surface area contributed by atoms with Crippen LogP contribution in [0.15, 0.2) is 0 Å². The third kappa shape index (κ3) is 2.57. The molecule has 2 rings (SSSR count). The maximum absolute atomic E-state index is 11.9. The standard InChI is InChI=1S/C13H24N2O/c1-3-5-12-14-9-13(16)15(12)11(4-2)8-10-6-7-10/h10-12,14H,3-9H2,1-2H3. The van der Waals surface area contributed by atoms with Gasteiger partial charge in [0, 0.05) is 6.04 Å². The first-order valence-corrected chi connectivity index (χ1v) is 6.80. The summed E-state index contributed by atoms with van der Waals surface area (Å²) in [5.74, 6) is 1.21. The van der Waals surface area contributed by atoms with Gasteiger partial charge in [0.1, 0.15) is 0 Å². The first-order valence-electron chi connectivity index (χ1n) is 6.80. The van der Waals surface area contributed by atoms with Crippen LogP contribution in [0.2, 0.25) is 0 Å². The fourth-order valence-corrected chi connectivity index (χ4v) is 2.76. The topological polar surface area (TPSA) is 32.3 Å². The molecule has 1 aliphatic heterocycles. The molecule has 1 heterocycles. The maximum atomic E-state index is 11.9. The number of nitrogens with zero attached hydrogens (tertiary/aromatic N) is 1. The van der Waals surface area contributed by atoms with Crippen LogP contribution in [0.3, 0.4) is 0 Å². The highest BCUT2D eigenvalue weighted by Gasteiger charge is 2.37. The molecule has 2 fully saturated rings. The van der Waals surface area contributed by atoms with Gasteiger partial charge in [0.15, 0.2) is 0 Å². The Morgan fingerprint density at radius 1 is 1.44 bits per heavy atom. The van der Waals surface area contributed by atoms with Crippen LogP contribution in [0.4, 0.5) is 0 Å². The van der Waals surface area contributed by atoms with Crippen LogP contribution in [0.25, 0.3) is 0 Å². The van der Waals surface area contributed by atoms with Crippen molar-refractivity contribution in [3.05, 3.63) is 0 Å². The second kappa shape index (κ2) is 5.17. The van der Waals surface area contributed by atoms with E-state index < -0.39 is 0 Å². The van der Waals surface area contributed by atoms with Gasteiger partial charge in [-0.25, -0.2) is 0 Å². The molecule has 1 N–H and O–H groups in total. The molecular weight excluding hydrogens is 200 g/mol. The lowest BCUT2D eigenvalue weighted by molar-refractivity contribution is -0.130. The van der Waals surface area contributed by atoms with E-state index in [0.29, 0.717) is 24.7 Å². The Labute approximate surface area is 98.6 Å². The molecule has 1 aliphatic carbocycles. The van der Waals surface area contributed by atoms with Crippen molar-refractivity contribution in [3.8, 4) is 0 Å². The highest BCUT2D eigenvalue weighted by atomic mass is 16.2. The molecule has 3 heteroatoms. The van der Waals surface area contributed by atoms with E-state index in [-0.39, 0.29) is 0 Å². The van der Waals surface area contributed by atoms with Crippen molar-refractivity contribution >= 4 is 5.91 Å². The summed E-state index contributed by atoms with van der Waals surface area (Å²) < 4.78 is 0. The predicted octanol–water partition coefficient (Wildman–Crippen LogP) is 2.12. The van der Waals surface area contributed by atoms with Gasteiger partial charge >= 0.3 is 0 Å². The molecule has 1 saturated carbocycles. The molecule has 92 valence electrons. The molecule has 2 aliphatic rings. The Kier molecular flexibility index (Phi) is 3.85. The largest absolute Gasteiger partial charge is 0.323 e. The van der Waals surface area contributed by atoms with Crippen molar-refractivity contribution in [2.45, 2.75) is 64.6 Å². The molecule has 3 nitrogen and oxygen atoms in total. The van der Waals surface area contributed by atoms with Gasteiger partial charge in [-0.15, -0.1) is 0 Å². The van der Waals surface area contributed by atoms with Gasteiger partial charge in [-0.1, -0.05) is 33.1 Å². The highest BCUT2D eigenvalue weighted by molar-refractivity contribution is 5.81. The molecule has 2 unspecified atom stereocenters. The minimum Gasteiger partial charge on any atom is -0.323 e. The van der Waals surface area contributed by atoms with Gasteiger partial charge in [0.25, 0.3) is 0 Å². The summed E-state index contributed by atoms with van der Waals surface area (Å²) in [5.41, 5.74) is 0. The summed E-state index contributed by atoms with van der Waals surface area (Å²) in [6, 6.07) is 0.478. The van der Waals surface area contributed by atoms with E-state index >= 15 is 0 Å². The second-order valence-corrected chi connectivity index (χ2v) is 5.23. The van der Waals surface area contributed by atoms with Crippen molar-refractivity contribution in [1.82, 2.24) is 10.2 Å². The average molecular weight is 224 g/mol. The Hall–Kier alpha value is -0.570. The second-order valence-electron chi connectivity index (χ2n) is 5.23. The molecule has 0 bridgehead atoms. The van der Waals surface area contributed by atoms with E-state index in [1.54, 1.807) is 0 Å². The van der Waals surface area contributed by atoms with Crippen LogP contribution in [-0.2, 0) is 4.79 Å². The number of hydrogen-bond donors (Lipinski definition) is 1. The van der Waals surface area contributed by atoms with Gasteiger partial charge in [0.2, 0.25) is 5.91 Å². The highest BCUT2D eigenvalue weighted by Crippen LogP contribution is 2.36. The van der Waals surface area contributed by atoms with E-state index in [9.17, 15) is 4.79 Å². The summed E-state index contributed by atoms with van der Waals surface area (Å²) in [7, 11) is 0. The average Bonchev–Trinajstić information content (AvgIpc) is 3.02. The van der Waals surface area contributed by atoms with Gasteiger partial charge in [0.05, 0.1) is 12.7 Å². The van der Waals surface area contributed by atoms with E-state index in [2.05, 4.69) is 24.1 Å². The van der Waals surface area contributed by atoms with Crippen LogP contribution in [-0.4, -0.2) is 29.6 Å². The Bertz CT molecular complexity index is 250. The Morgan fingerprint density at radius 2 is 2.19 bits per heavy atom. The lowest BCUT2D eigenvalue weighted by Gasteiger charge is -2.32. The van der Waals surface area contributed by atoms with Crippen molar-refractivity contribution in [2.24, 2.45) is 5.92 Å². The summed E-state index contributed by atoms with van der Waals surface area (Å²) in [6.07, 6.45) is 7.62. The van der Waals surface area contributed by atoms with Gasteiger partial charge in [-0.05, 0) is 25.2 Å². The summed E-state index contributed by atoms with van der Waals surface area (Å²) in [5, 5.41) is 3.34. The van der Waals surface area contributed by atoms with Crippen molar-refractivity contribution in [1.29, 1.82) is 0 Å². The van der Waals surface area contributed by atoms with E-state index in [4.69, 9.17) is 0 Å². The lowest BCUT2D eigenvalue weighted by Crippen LogP contribution is -2.44. The Morgan fingerprint density at radius 3 is 2.75 bits per heavy atom. The van der Waals surface area contributed by atoms with E-state index in [0.717, 1.165) is 25.2 Å².